The molecule has 0 heterocycles. The van der Waals surface area contributed by atoms with Gasteiger partial charge in [-0.15, -0.1) is 0 Å². The Hall–Kier alpha value is -1.09. The van der Waals surface area contributed by atoms with Gasteiger partial charge in [0.25, 0.3) is 0 Å². The van der Waals surface area contributed by atoms with Gasteiger partial charge in [-0.3, -0.25) is 0 Å². The highest BCUT2D eigenvalue weighted by atomic mass is 79.9. The fraction of sp³-hybridized carbons (Fsp3) is 0.0526. The van der Waals surface area contributed by atoms with Crippen molar-refractivity contribution in [1.82, 2.24) is 0 Å². The van der Waals surface area contributed by atoms with E-state index in [1.54, 1.807) is 0 Å². The zero-order chi connectivity index (χ0) is 16.3. The van der Waals surface area contributed by atoms with Crippen LogP contribution in [0.25, 0.3) is 0 Å². The van der Waals surface area contributed by atoms with Crippen LogP contribution in [0.1, 0.15) is 0 Å². The Balaban J connectivity index is 0.00000208. The fourth-order valence-corrected chi connectivity index (χ4v) is 7.48. The molecule has 0 saturated carbocycles. The van der Waals surface area contributed by atoms with Crippen molar-refractivity contribution >= 4 is 39.1 Å². The second kappa shape index (κ2) is 8.33. The molecule has 0 aliphatic rings. The average Bonchev–Trinajstić information content (AvgIpc) is 2.59. The van der Waals surface area contributed by atoms with Crippen LogP contribution < -0.4 is 32.9 Å². The largest absolute Gasteiger partial charge is 1.00 e. The molecule has 24 heavy (non-hydrogen) atoms. The summed E-state index contributed by atoms with van der Waals surface area (Å²) in [6.45, 7) is 0. The van der Waals surface area contributed by atoms with E-state index < -0.39 is 13.4 Å². The number of rotatable bonds is 4. The van der Waals surface area contributed by atoms with E-state index in [4.69, 9.17) is 0 Å². The maximum Gasteiger partial charge on any atom is 0.358 e. The van der Waals surface area contributed by atoms with E-state index in [1.165, 1.54) is 0 Å². The van der Waals surface area contributed by atoms with Crippen molar-refractivity contribution in [3.05, 3.63) is 89.4 Å². The Morgan fingerprint density at radius 1 is 0.667 bits per heavy atom. The van der Waals surface area contributed by atoms with Gasteiger partial charge in [-0.2, -0.15) is 8.78 Å². The molecule has 0 unspecified atom stereocenters. The molecule has 0 atom stereocenters. The lowest BCUT2D eigenvalue weighted by Crippen LogP contribution is -3.00. The van der Waals surface area contributed by atoms with Crippen LogP contribution in [0.2, 0.25) is 0 Å². The lowest BCUT2D eigenvalue weighted by Gasteiger charge is -2.26. The third-order valence-corrected chi connectivity index (χ3v) is 8.81. The fourth-order valence-electron chi connectivity index (χ4n) is 2.82. The third kappa shape index (κ3) is 3.33. The Bertz CT molecular complexity index is 740. The molecule has 0 aliphatic carbocycles. The second-order valence-corrected chi connectivity index (χ2v) is 9.33. The standard InChI is InChI=1S/C19H15BrF2P.BrH/c20-17-13-7-8-14-18(17)23(19(21)22,15-9-3-1-4-10-15)16-11-5-2-6-12-16;/h1-14,19H;1H/q+1;/p-1. The van der Waals surface area contributed by atoms with Crippen molar-refractivity contribution in [2.75, 3.05) is 0 Å². The zero-order valence-corrected chi connectivity index (χ0v) is 16.7. The van der Waals surface area contributed by atoms with E-state index in [0.29, 0.717) is 15.9 Å². The highest BCUT2D eigenvalue weighted by Crippen LogP contribution is 2.61. The van der Waals surface area contributed by atoms with E-state index >= 15 is 0 Å². The molecule has 0 saturated heterocycles. The molecular weight excluding hydrogens is 457 g/mol. The predicted octanol–water partition coefficient (Wildman–Crippen LogP) is 1.97. The van der Waals surface area contributed by atoms with Gasteiger partial charge in [0.15, 0.2) is 7.26 Å². The summed E-state index contributed by atoms with van der Waals surface area (Å²) in [6, 6.07) is 25.6. The monoisotopic (exact) mass is 470 g/mol. The summed E-state index contributed by atoms with van der Waals surface area (Å²) < 4.78 is 30.0. The molecule has 3 aromatic carbocycles. The Morgan fingerprint density at radius 2 is 1.08 bits per heavy atom. The molecule has 0 bridgehead atoms. The summed E-state index contributed by atoms with van der Waals surface area (Å²) in [7, 11) is -3.04. The topological polar surface area (TPSA) is 0 Å². The van der Waals surface area contributed by atoms with Gasteiger partial charge < -0.3 is 17.0 Å². The summed E-state index contributed by atoms with van der Waals surface area (Å²) in [5, 5.41) is 2.05. The maximum absolute atomic E-state index is 14.6. The van der Waals surface area contributed by atoms with Gasteiger partial charge in [0, 0.05) is 0 Å². The van der Waals surface area contributed by atoms with Crippen LogP contribution in [-0.2, 0) is 0 Å². The Morgan fingerprint density at radius 3 is 1.50 bits per heavy atom. The molecule has 0 radical (unpaired) electrons. The van der Waals surface area contributed by atoms with Crippen LogP contribution >= 0.6 is 23.2 Å². The molecule has 0 fully saturated rings. The molecule has 0 amide bonds. The second-order valence-electron chi connectivity index (χ2n) is 5.12. The number of halogens is 4. The van der Waals surface area contributed by atoms with E-state index in [0.717, 1.165) is 4.47 Å². The molecule has 0 aromatic heterocycles. The van der Waals surface area contributed by atoms with Gasteiger partial charge in [-0.25, -0.2) is 0 Å². The first-order chi connectivity index (χ1) is 11.2. The van der Waals surface area contributed by atoms with Crippen molar-refractivity contribution in [2.24, 2.45) is 0 Å². The highest BCUT2D eigenvalue weighted by Gasteiger charge is 2.55. The lowest BCUT2D eigenvalue weighted by molar-refractivity contribution is -0.00000647. The molecule has 0 aliphatic heterocycles. The molecule has 0 N–H and O–H groups in total. The van der Waals surface area contributed by atoms with Crippen molar-refractivity contribution < 1.29 is 25.8 Å². The van der Waals surface area contributed by atoms with Crippen LogP contribution in [-0.4, -0.2) is 6.17 Å². The Kier molecular flexibility index (Phi) is 6.68. The average molecular weight is 472 g/mol. The van der Waals surface area contributed by atoms with E-state index in [9.17, 15) is 8.78 Å². The zero-order valence-electron chi connectivity index (χ0n) is 12.6. The molecule has 0 spiro atoms. The van der Waals surface area contributed by atoms with Crippen LogP contribution in [0.3, 0.4) is 0 Å². The maximum atomic E-state index is 14.6. The SMILES string of the molecule is FC(F)[P+](c1ccccc1)(c1ccccc1)c1ccccc1Br.[Br-]. The molecule has 0 nitrogen and oxygen atoms in total. The molecule has 124 valence electrons. The van der Waals surface area contributed by atoms with Gasteiger partial charge in [-0.05, 0) is 52.3 Å². The third-order valence-electron chi connectivity index (χ3n) is 3.85. The van der Waals surface area contributed by atoms with Crippen LogP contribution in [0.4, 0.5) is 8.78 Å². The van der Waals surface area contributed by atoms with Crippen molar-refractivity contribution in [3.8, 4) is 0 Å². The van der Waals surface area contributed by atoms with Gasteiger partial charge >= 0.3 is 6.17 Å². The van der Waals surface area contributed by atoms with Crippen molar-refractivity contribution in [3.63, 3.8) is 0 Å². The van der Waals surface area contributed by atoms with Crippen molar-refractivity contribution in [2.45, 2.75) is 6.17 Å². The summed E-state index contributed by atoms with van der Waals surface area (Å²) in [5.74, 6) is 0. The first-order valence-corrected chi connectivity index (χ1v) is 9.85. The number of hydrogen-bond donors (Lipinski definition) is 0. The van der Waals surface area contributed by atoms with Gasteiger partial charge in [0.05, 0.1) is 4.47 Å². The Labute approximate surface area is 160 Å². The normalized spacial score (nSPS) is 11.2. The molecular formula is C19H15Br2F2P. The number of alkyl halides is 2. The summed E-state index contributed by atoms with van der Waals surface area (Å²) in [6.07, 6.45) is -2.48. The summed E-state index contributed by atoms with van der Waals surface area (Å²) in [4.78, 5) is 0. The highest BCUT2D eigenvalue weighted by molar-refractivity contribution is 9.10. The summed E-state index contributed by atoms with van der Waals surface area (Å²) in [5.41, 5.74) is 0. The minimum absolute atomic E-state index is 0. The van der Waals surface area contributed by atoms with Crippen molar-refractivity contribution in [1.29, 1.82) is 0 Å². The minimum Gasteiger partial charge on any atom is -1.00 e. The molecule has 3 aromatic rings. The number of benzene rings is 3. The summed E-state index contributed by atoms with van der Waals surface area (Å²) >= 11 is 3.49. The van der Waals surface area contributed by atoms with Crippen LogP contribution in [0, 0.1) is 0 Å². The molecule has 3 rings (SSSR count). The van der Waals surface area contributed by atoms with Crippen LogP contribution in [0.5, 0.6) is 0 Å². The van der Waals surface area contributed by atoms with E-state index in [1.807, 2.05) is 84.9 Å². The first-order valence-electron chi connectivity index (χ1n) is 7.20. The van der Waals surface area contributed by atoms with Gasteiger partial charge in [0.1, 0.15) is 15.9 Å². The smallest absolute Gasteiger partial charge is 0.358 e. The minimum atomic E-state index is -3.04. The lowest BCUT2D eigenvalue weighted by atomic mass is 10.4. The van der Waals surface area contributed by atoms with E-state index in [-0.39, 0.29) is 17.0 Å². The predicted molar refractivity (Wildman–Crippen MR) is 98.9 cm³/mol. The van der Waals surface area contributed by atoms with Gasteiger partial charge in [-0.1, -0.05) is 48.5 Å². The number of hydrogen-bond acceptors (Lipinski definition) is 0. The van der Waals surface area contributed by atoms with Crippen LogP contribution in [0.15, 0.2) is 89.4 Å². The van der Waals surface area contributed by atoms with E-state index in [2.05, 4.69) is 15.9 Å². The molecule has 5 heteroatoms. The quantitative estimate of drug-likeness (QED) is 0.510. The first kappa shape index (κ1) is 19.2. The van der Waals surface area contributed by atoms with Gasteiger partial charge in [0.2, 0.25) is 0 Å².